The van der Waals surface area contributed by atoms with Crippen LogP contribution in [-0.2, 0) is 22.7 Å². The molecule has 0 bridgehead atoms. The molecule has 0 fully saturated rings. The number of hydrogen-bond acceptors (Lipinski definition) is 4. The van der Waals surface area contributed by atoms with Crippen molar-refractivity contribution >= 4 is 15.7 Å². The molecule has 11 heteroatoms. The Hall–Kier alpha value is -3.08. The maximum atomic E-state index is 13.6. The average molecular weight is 440 g/mol. The Morgan fingerprint density at radius 3 is 2.50 bits per heavy atom. The number of aryl methyl sites for hydroxylation is 1. The van der Waals surface area contributed by atoms with Crippen LogP contribution in [0, 0.1) is 0 Å². The van der Waals surface area contributed by atoms with Crippen LogP contribution in [0.1, 0.15) is 18.9 Å². The molecule has 0 aliphatic heterocycles. The van der Waals surface area contributed by atoms with Crippen molar-refractivity contribution in [3.8, 4) is 16.9 Å². The van der Waals surface area contributed by atoms with Crippen LogP contribution in [0.4, 0.5) is 18.9 Å². The molecule has 0 spiro atoms. The van der Waals surface area contributed by atoms with Gasteiger partial charge in [0.1, 0.15) is 0 Å². The van der Waals surface area contributed by atoms with Gasteiger partial charge in [0.15, 0.2) is 0 Å². The number of nitrogens with one attached hydrogen (secondary N) is 1. The Balaban J connectivity index is 2.04. The van der Waals surface area contributed by atoms with Crippen LogP contribution in [0.3, 0.4) is 0 Å². The quantitative estimate of drug-likeness (QED) is 0.636. The molecule has 7 nitrogen and oxygen atoms in total. The highest BCUT2D eigenvalue weighted by atomic mass is 32.2. The number of halogens is 3. The highest BCUT2D eigenvalue weighted by molar-refractivity contribution is 7.92. The molecule has 0 saturated carbocycles. The Morgan fingerprint density at radius 2 is 1.87 bits per heavy atom. The first-order valence-electron chi connectivity index (χ1n) is 8.94. The highest BCUT2D eigenvalue weighted by Gasteiger charge is 2.34. The van der Waals surface area contributed by atoms with Gasteiger partial charge in [-0.25, -0.2) is 13.1 Å². The fourth-order valence-electron chi connectivity index (χ4n) is 2.96. The Labute approximate surface area is 170 Å². The third kappa shape index (κ3) is 4.90. The normalized spacial score (nSPS) is 12.2. The molecule has 3 rings (SSSR count). The number of nitrogens with zero attached hydrogens (tertiary/aromatic N) is 3. The summed E-state index contributed by atoms with van der Waals surface area (Å²) in [6.45, 7) is 2.43. The zero-order valence-electron chi connectivity index (χ0n) is 16.1. The van der Waals surface area contributed by atoms with Gasteiger partial charge in [-0.15, -0.1) is 0 Å². The lowest BCUT2D eigenvalue weighted by molar-refractivity contribution is -0.137. The summed E-state index contributed by atoms with van der Waals surface area (Å²) in [5.74, 6) is 0. The maximum absolute atomic E-state index is 13.6. The van der Waals surface area contributed by atoms with E-state index < -0.39 is 21.8 Å². The molecule has 0 aliphatic rings. The van der Waals surface area contributed by atoms with Crippen LogP contribution < -0.4 is 10.3 Å². The van der Waals surface area contributed by atoms with Gasteiger partial charge in [-0.1, -0.05) is 13.0 Å². The summed E-state index contributed by atoms with van der Waals surface area (Å²) in [5.41, 5.74) is -1.000. The molecule has 1 aromatic carbocycles. The molecule has 2 aromatic heterocycles. The lowest BCUT2D eigenvalue weighted by Crippen LogP contribution is -2.19. The monoisotopic (exact) mass is 440 g/mol. The van der Waals surface area contributed by atoms with Crippen LogP contribution in [0.25, 0.3) is 16.9 Å². The second-order valence-electron chi connectivity index (χ2n) is 6.70. The zero-order chi connectivity index (χ0) is 22.1. The molecule has 1 N–H and O–H groups in total. The van der Waals surface area contributed by atoms with Crippen molar-refractivity contribution in [2.75, 3.05) is 11.0 Å². The number of pyridine rings is 1. The highest BCUT2D eigenvalue weighted by Crippen LogP contribution is 2.38. The third-order valence-electron chi connectivity index (χ3n) is 4.19. The van der Waals surface area contributed by atoms with Gasteiger partial charge in [0.05, 0.1) is 23.2 Å². The van der Waals surface area contributed by atoms with Crippen molar-refractivity contribution in [2.24, 2.45) is 0 Å². The van der Waals surface area contributed by atoms with Gasteiger partial charge in [0.25, 0.3) is 5.56 Å². The Kier molecular flexibility index (Phi) is 5.75. The minimum atomic E-state index is -4.72. The molecule has 30 heavy (non-hydrogen) atoms. The topological polar surface area (TPSA) is 86.0 Å². The maximum Gasteiger partial charge on any atom is 0.417 e. The number of aromatic nitrogens is 3. The van der Waals surface area contributed by atoms with Crippen molar-refractivity contribution in [3.63, 3.8) is 0 Å². The first-order valence-corrected chi connectivity index (χ1v) is 10.8. The van der Waals surface area contributed by atoms with E-state index in [0.717, 1.165) is 18.7 Å². The number of benzene rings is 1. The van der Waals surface area contributed by atoms with Crippen LogP contribution in [0.5, 0.6) is 0 Å². The fourth-order valence-corrected chi connectivity index (χ4v) is 3.52. The molecule has 0 radical (unpaired) electrons. The van der Waals surface area contributed by atoms with E-state index in [4.69, 9.17) is 0 Å². The Morgan fingerprint density at radius 1 is 1.13 bits per heavy atom. The lowest BCUT2D eigenvalue weighted by Gasteiger charge is -2.14. The van der Waals surface area contributed by atoms with E-state index >= 15 is 0 Å². The third-order valence-corrected chi connectivity index (χ3v) is 4.80. The van der Waals surface area contributed by atoms with Gasteiger partial charge < -0.3 is 4.57 Å². The summed E-state index contributed by atoms with van der Waals surface area (Å²) in [5, 5.41) is 4.22. The fraction of sp³-hybridized carbons (Fsp3) is 0.263. The zero-order valence-corrected chi connectivity index (χ0v) is 17.0. The predicted octanol–water partition coefficient (Wildman–Crippen LogP) is 3.50. The molecular weight excluding hydrogens is 421 g/mol. The van der Waals surface area contributed by atoms with Crippen molar-refractivity contribution < 1.29 is 21.6 Å². The first kappa shape index (κ1) is 21.6. The first-order chi connectivity index (χ1) is 14.0. The van der Waals surface area contributed by atoms with E-state index in [0.29, 0.717) is 12.2 Å². The van der Waals surface area contributed by atoms with Gasteiger partial charge in [0.2, 0.25) is 10.0 Å². The lowest BCUT2D eigenvalue weighted by atomic mass is 10.0. The standard InChI is InChI=1S/C19H19F3N4O3S/c1-3-9-25-12-14(5-7-18(25)27)26-10-8-17(23-26)15-6-4-13(24-30(2,28)29)11-16(15)19(20,21)22/h4-8,10-12,24H,3,9H2,1-2H3. The molecular formula is C19H19F3N4O3S. The van der Waals surface area contributed by atoms with E-state index in [1.807, 2.05) is 11.6 Å². The molecule has 0 aliphatic carbocycles. The van der Waals surface area contributed by atoms with Crippen LogP contribution in [0.2, 0.25) is 0 Å². The number of alkyl halides is 3. The van der Waals surface area contributed by atoms with E-state index in [2.05, 4.69) is 5.10 Å². The van der Waals surface area contributed by atoms with Gasteiger partial charge >= 0.3 is 6.18 Å². The average Bonchev–Trinajstić information content (AvgIpc) is 3.11. The van der Waals surface area contributed by atoms with Crippen LogP contribution >= 0.6 is 0 Å². The SMILES string of the molecule is CCCn1cc(-n2ccc(-c3ccc(NS(C)(=O)=O)cc3C(F)(F)F)n2)ccc1=O. The predicted molar refractivity (Wildman–Crippen MR) is 107 cm³/mol. The number of rotatable bonds is 6. The molecule has 0 amide bonds. The smallest absolute Gasteiger partial charge is 0.313 e. The summed E-state index contributed by atoms with van der Waals surface area (Å²) in [7, 11) is -3.73. The molecule has 0 saturated heterocycles. The van der Waals surface area contributed by atoms with E-state index in [-0.39, 0.29) is 22.5 Å². The summed E-state index contributed by atoms with van der Waals surface area (Å²) >= 11 is 0. The van der Waals surface area contributed by atoms with Crippen molar-refractivity contribution in [1.29, 1.82) is 0 Å². The van der Waals surface area contributed by atoms with Crippen molar-refractivity contribution in [2.45, 2.75) is 26.1 Å². The second kappa shape index (κ2) is 7.98. The number of sulfonamides is 1. The van der Waals surface area contributed by atoms with Crippen LogP contribution in [0.15, 0.2) is 53.6 Å². The van der Waals surface area contributed by atoms with E-state index in [1.165, 1.54) is 45.8 Å². The summed E-state index contributed by atoms with van der Waals surface area (Å²) in [6.07, 6.45) is -0.0341. The van der Waals surface area contributed by atoms with Crippen molar-refractivity contribution in [3.05, 3.63) is 64.7 Å². The molecule has 0 unspecified atom stereocenters. The van der Waals surface area contributed by atoms with Crippen molar-refractivity contribution in [1.82, 2.24) is 14.3 Å². The van der Waals surface area contributed by atoms with E-state index in [1.54, 1.807) is 6.20 Å². The van der Waals surface area contributed by atoms with Crippen LogP contribution in [-0.4, -0.2) is 29.0 Å². The summed E-state index contributed by atoms with van der Waals surface area (Å²) in [4.78, 5) is 11.9. The van der Waals surface area contributed by atoms with Gasteiger partial charge in [-0.3, -0.25) is 9.52 Å². The largest absolute Gasteiger partial charge is 0.417 e. The van der Waals surface area contributed by atoms with E-state index in [9.17, 15) is 26.4 Å². The molecule has 0 atom stereocenters. The molecule has 2 heterocycles. The van der Waals surface area contributed by atoms with Gasteiger partial charge in [-0.2, -0.15) is 18.3 Å². The van der Waals surface area contributed by atoms with Gasteiger partial charge in [-0.05, 0) is 30.7 Å². The number of anilines is 1. The minimum absolute atomic E-state index is 0.0569. The molecule has 3 aromatic rings. The minimum Gasteiger partial charge on any atom is -0.313 e. The van der Waals surface area contributed by atoms with Gasteiger partial charge in [0, 0.05) is 36.3 Å². The summed E-state index contributed by atoms with van der Waals surface area (Å²) < 4.78 is 68.4. The molecule has 160 valence electrons. The Bertz CT molecular complexity index is 1230. The number of hydrogen-bond donors (Lipinski definition) is 1. The summed E-state index contributed by atoms with van der Waals surface area (Å²) in [6, 6.07) is 7.47. The second-order valence-corrected chi connectivity index (χ2v) is 8.45.